The molecule has 2 nitrogen and oxygen atoms in total. The monoisotopic (exact) mass is 316 g/mol. The molecule has 0 heterocycles. The van der Waals surface area contributed by atoms with Crippen molar-refractivity contribution in [3.8, 4) is 0 Å². The summed E-state index contributed by atoms with van der Waals surface area (Å²) in [5.74, 6) is 0. The molecule has 98 valence electrons. The summed E-state index contributed by atoms with van der Waals surface area (Å²) in [7, 11) is 4.07. The molecule has 0 spiro atoms. The van der Waals surface area contributed by atoms with Gasteiger partial charge in [-0.3, -0.25) is 0 Å². The molecule has 0 aliphatic rings. The molecule has 0 aromatic heterocycles. The maximum Gasteiger partial charge on any atom is 0.0464 e. The van der Waals surface area contributed by atoms with E-state index in [9.17, 15) is 0 Å². The predicted octanol–water partition coefficient (Wildman–Crippen LogP) is 4.27. The van der Waals surface area contributed by atoms with Crippen molar-refractivity contribution in [3.63, 3.8) is 0 Å². The number of halogens is 1. The molecular weight excluding hydrogens is 300 g/mol. The number of anilines is 2. The van der Waals surface area contributed by atoms with Gasteiger partial charge in [-0.05, 0) is 51.3 Å². The zero-order valence-corrected chi connectivity index (χ0v) is 12.7. The average molecular weight is 317 g/mol. The Bertz CT molecular complexity index is 586. The van der Waals surface area contributed by atoms with Crippen LogP contribution in [0.15, 0.2) is 46.9 Å². The lowest BCUT2D eigenvalue weighted by atomic mass is 10.1. The van der Waals surface area contributed by atoms with Crippen molar-refractivity contribution in [2.75, 3.05) is 24.7 Å². The molecule has 0 fully saturated rings. The lowest BCUT2D eigenvalue weighted by Crippen LogP contribution is -2.07. The van der Waals surface area contributed by atoms with Crippen LogP contribution in [0.3, 0.4) is 0 Å². The summed E-state index contributed by atoms with van der Waals surface area (Å²) in [5, 5.41) is 0. The van der Waals surface area contributed by atoms with Gasteiger partial charge in [-0.2, -0.15) is 0 Å². The van der Waals surface area contributed by atoms with Crippen LogP contribution >= 0.6 is 15.9 Å². The van der Waals surface area contributed by atoms with E-state index in [0.717, 1.165) is 15.7 Å². The molecule has 0 amide bonds. The molecule has 0 radical (unpaired) electrons. The Morgan fingerprint density at radius 2 is 1.53 bits per heavy atom. The van der Waals surface area contributed by atoms with E-state index in [0.29, 0.717) is 0 Å². The van der Waals surface area contributed by atoms with Gasteiger partial charge in [-0.15, -0.1) is 0 Å². The summed E-state index contributed by atoms with van der Waals surface area (Å²) in [6, 6.07) is 14.4. The maximum atomic E-state index is 5.86. The molecule has 19 heavy (non-hydrogen) atoms. The molecule has 0 aliphatic heterocycles. The van der Waals surface area contributed by atoms with Crippen LogP contribution in [0.5, 0.6) is 0 Å². The highest BCUT2D eigenvalue weighted by atomic mass is 79.9. The third-order valence-corrected chi connectivity index (χ3v) is 3.62. The minimum absolute atomic E-state index is 0.755. The average Bonchev–Trinajstić information content (AvgIpc) is 2.40. The number of hydrogen-bond acceptors (Lipinski definition) is 2. The van der Waals surface area contributed by atoms with E-state index in [1.807, 2.05) is 32.3 Å². The molecule has 0 atom stereocenters. The van der Waals surface area contributed by atoms with E-state index in [1.165, 1.54) is 11.3 Å². The Morgan fingerprint density at radius 1 is 0.947 bits per heavy atom. The van der Waals surface area contributed by atoms with Crippen LogP contribution in [0.2, 0.25) is 0 Å². The molecular formula is C16H17BrN2. The summed E-state index contributed by atoms with van der Waals surface area (Å²) >= 11 is 3.39. The highest BCUT2D eigenvalue weighted by molar-refractivity contribution is 9.10. The molecule has 2 aromatic rings. The number of rotatable bonds is 3. The van der Waals surface area contributed by atoms with Crippen molar-refractivity contribution in [1.29, 1.82) is 0 Å². The Kier molecular flexibility index (Phi) is 4.27. The minimum atomic E-state index is 0.755. The molecule has 0 saturated carbocycles. The molecule has 0 bridgehead atoms. The van der Waals surface area contributed by atoms with E-state index in [-0.39, 0.29) is 0 Å². The van der Waals surface area contributed by atoms with Crippen molar-refractivity contribution >= 4 is 39.5 Å². The number of benzene rings is 2. The van der Waals surface area contributed by atoms with Crippen LogP contribution in [-0.2, 0) is 0 Å². The van der Waals surface area contributed by atoms with Gasteiger partial charge < -0.3 is 10.6 Å². The van der Waals surface area contributed by atoms with Gasteiger partial charge in [0.1, 0.15) is 0 Å². The second kappa shape index (κ2) is 5.93. The quantitative estimate of drug-likeness (QED) is 0.677. The van der Waals surface area contributed by atoms with E-state index in [4.69, 9.17) is 5.73 Å². The molecule has 0 unspecified atom stereocenters. The van der Waals surface area contributed by atoms with Gasteiger partial charge >= 0.3 is 0 Å². The number of nitrogens with zero attached hydrogens (tertiary/aromatic N) is 1. The largest absolute Gasteiger partial charge is 0.398 e. The summed E-state index contributed by atoms with van der Waals surface area (Å²) in [6.07, 6.45) is 4.15. The minimum Gasteiger partial charge on any atom is -0.398 e. The summed E-state index contributed by atoms with van der Waals surface area (Å²) in [5.41, 5.74) is 10.1. The number of nitrogens with two attached hydrogens (primary N) is 1. The zero-order valence-electron chi connectivity index (χ0n) is 11.1. The van der Waals surface area contributed by atoms with Crippen molar-refractivity contribution < 1.29 is 0 Å². The third-order valence-electron chi connectivity index (χ3n) is 2.90. The van der Waals surface area contributed by atoms with Crippen molar-refractivity contribution in [3.05, 3.63) is 58.1 Å². The van der Waals surface area contributed by atoms with Crippen molar-refractivity contribution in [1.82, 2.24) is 0 Å². The molecule has 0 aliphatic carbocycles. The second-order valence-corrected chi connectivity index (χ2v) is 5.45. The van der Waals surface area contributed by atoms with Gasteiger partial charge in [-0.1, -0.05) is 30.4 Å². The van der Waals surface area contributed by atoms with Crippen LogP contribution in [-0.4, -0.2) is 14.1 Å². The Labute approximate surface area is 122 Å². The maximum absolute atomic E-state index is 5.86. The fourth-order valence-corrected chi connectivity index (χ4v) is 1.99. The summed E-state index contributed by atoms with van der Waals surface area (Å²) in [4.78, 5) is 2.09. The fraction of sp³-hybridized carbons (Fsp3) is 0.125. The van der Waals surface area contributed by atoms with Gasteiger partial charge in [0.15, 0.2) is 0 Å². The number of nitrogen functional groups attached to an aromatic ring is 1. The van der Waals surface area contributed by atoms with Crippen LogP contribution in [0.4, 0.5) is 11.4 Å². The summed E-state index contributed by atoms with van der Waals surface area (Å²) < 4.78 is 0.931. The zero-order chi connectivity index (χ0) is 13.8. The smallest absolute Gasteiger partial charge is 0.0464 e. The van der Waals surface area contributed by atoms with Crippen molar-refractivity contribution in [2.24, 2.45) is 0 Å². The van der Waals surface area contributed by atoms with Crippen LogP contribution in [0.25, 0.3) is 12.2 Å². The lowest BCUT2D eigenvalue weighted by molar-refractivity contribution is 1.13. The van der Waals surface area contributed by atoms with Gasteiger partial charge in [0.25, 0.3) is 0 Å². The lowest BCUT2D eigenvalue weighted by Gasteiger charge is -2.11. The number of hydrogen-bond donors (Lipinski definition) is 1. The Morgan fingerprint density at radius 3 is 2.11 bits per heavy atom. The predicted molar refractivity (Wildman–Crippen MR) is 88.3 cm³/mol. The summed E-state index contributed by atoms with van der Waals surface area (Å²) in [6.45, 7) is 0. The first-order chi connectivity index (χ1) is 9.06. The Hall–Kier alpha value is -1.74. The molecule has 0 saturated heterocycles. The van der Waals surface area contributed by atoms with E-state index in [1.54, 1.807) is 0 Å². The molecule has 2 aromatic carbocycles. The van der Waals surface area contributed by atoms with Gasteiger partial charge in [0, 0.05) is 29.9 Å². The van der Waals surface area contributed by atoms with Crippen LogP contribution < -0.4 is 10.6 Å². The molecule has 2 N–H and O–H groups in total. The highest BCUT2D eigenvalue weighted by Gasteiger charge is 1.96. The van der Waals surface area contributed by atoms with E-state index in [2.05, 4.69) is 57.2 Å². The van der Waals surface area contributed by atoms with Gasteiger partial charge in [0.2, 0.25) is 0 Å². The Balaban J connectivity index is 2.15. The molecule has 2 rings (SSSR count). The SMILES string of the molecule is CN(C)c1ccc(/C=C/c2ccc(Br)c(N)c2)cc1. The first-order valence-corrected chi connectivity index (χ1v) is 6.86. The van der Waals surface area contributed by atoms with Crippen LogP contribution in [0, 0.1) is 0 Å². The standard InChI is InChI=1S/C16H17BrN2/c1-19(2)14-8-5-12(6-9-14)3-4-13-7-10-15(17)16(18)11-13/h3-11H,18H2,1-2H3/b4-3+. The van der Waals surface area contributed by atoms with E-state index < -0.39 is 0 Å². The second-order valence-electron chi connectivity index (χ2n) is 4.60. The first kappa shape index (κ1) is 13.7. The highest BCUT2D eigenvalue weighted by Crippen LogP contribution is 2.21. The normalized spacial score (nSPS) is 10.9. The van der Waals surface area contributed by atoms with Gasteiger partial charge in [-0.25, -0.2) is 0 Å². The topological polar surface area (TPSA) is 29.3 Å². The van der Waals surface area contributed by atoms with Crippen molar-refractivity contribution in [2.45, 2.75) is 0 Å². The third kappa shape index (κ3) is 3.61. The molecule has 3 heteroatoms. The van der Waals surface area contributed by atoms with E-state index >= 15 is 0 Å². The van der Waals surface area contributed by atoms with Crippen LogP contribution in [0.1, 0.15) is 11.1 Å². The van der Waals surface area contributed by atoms with Gasteiger partial charge in [0.05, 0.1) is 0 Å². The fourth-order valence-electron chi connectivity index (χ4n) is 1.74. The first-order valence-electron chi connectivity index (χ1n) is 6.07.